The number of hydrogen-bond acceptors (Lipinski definition) is 5. The number of nitrogens with one attached hydrogen (secondary N) is 1. The molecule has 2 aromatic rings. The lowest BCUT2D eigenvalue weighted by atomic mass is 9.98. The first-order valence-electron chi connectivity index (χ1n) is 9.41. The molecule has 2 amide bonds. The van der Waals surface area contributed by atoms with Crippen LogP contribution in [0.1, 0.15) is 31.5 Å². The topological polar surface area (TPSA) is 82.6 Å². The van der Waals surface area contributed by atoms with E-state index in [1.54, 1.807) is 16.2 Å². The number of aromatic nitrogens is 1. The number of carbonyl (C=O) groups is 1. The van der Waals surface area contributed by atoms with Crippen LogP contribution in [-0.2, 0) is 22.0 Å². The van der Waals surface area contributed by atoms with Gasteiger partial charge in [0.25, 0.3) is 0 Å². The summed E-state index contributed by atoms with van der Waals surface area (Å²) >= 11 is 13.4. The van der Waals surface area contributed by atoms with Crippen molar-refractivity contribution in [1.29, 1.82) is 0 Å². The molecule has 0 radical (unpaired) electrons. The second kappa shape index (κ2) is 9.00. The number of nitrogens with zero attached hydrogens (tertiary/aromatic N) is 3. The average molecular weight is 491 g/mol. The van der Waals surface area contributed by atoms with Crippen molar-refractivity contribution in [2.24, 2.45) is 0 Å². The van der Waals surface area contributed by atoms with Crippen LogP contribution in [0.4, 0.5) is 4.79 Å². The van der Waals surface area contributed by atoms with Crippen LogP contribution in [0.2, 0.25) is 10.0 Å². The maximum absolute atomic E-state index is 12.8. The lowest BCUT2D eigenvalue weighted by Crippen LogP contribution is -2.52. The van der Waals surface area contributed by atoms with Crippen LogP contribution < -0.4 is 5.32 Å². The van der Waals surface area contributed by atoms with Gasteiger partial charge in [-0.05, 0) is 18.2 Å². The van der Waals surface area contributed by atoms with Crippen molar-refractivity contribution in [3.05, 3.63) is 44.3 Å². The molecule has 1 aliphatic heterocycles. The Kier molecular flexibility index (Phi) is 6.98. The Morgan fingerprint density at radius 1 is 1.17 bits per heavy atom. The maximum Gasteiger partial charge on any atom is 0.317 e. The Morgan fingerprint density at radius 3 is 2.40 bits per heavy atom. The first kappa shape index (κ1) is 23.3. The van der Waals surface area contributed by atoms with E-state index < -0.39 is 10.0 Å². The van der Waals surface area contributed by atoms with Gasteiger partial charge in [0.2, 0.25) is 10.0 Å². The van der Waals surface area contributed by atoms with Gasteiger partial charge >= 0.3 is 6.03 Å². The predicted molar refractivity (Wildman–Crippen MR) is 120 cm³/mol. The molecule has 1 N–H and O–H groups in total. The van der Waals surface area contributed by atoms with Crippen LogP contribution in [0.25, 0.3) is 0 Å². The molecule has 0 unspecified atom stereocenters. The molecule has 2 heterocycles. The third kappa shape index (κ3) is 5.26. The minimum Gasteiger partial charge on any atom is -0.332 e. The fraction of sp³-hybridized carbons (Fsp3) is 0.474. The maximum atomic E-state index is 12.8. The number of benzene rings is 1. The van der Waals surface area contributed by atoms with Gasteiger partial charge in [0, 0.05) is 37.0 Å². The lowest BCUT2D eigenvalue weighted by molar-refractivity contribution is 0.172. The molecule has 1 fully saturated rings. The molecule has 0 atom stereocenters. The molecule has 1 aromatic carbocycles. The number of rotatable bonds is 4. The molecular formula is C19H24Cl2N4O3S2. The molecule has 1 saturated heterocycles. The third-order valence-corrected chi connectivity index (χ3v) is 8.62. The van der Waals surface area contributed by atoms with E-state index >= 15 is 0 Å². The number of halogens is 2. The van der Waals surface area contributed by atoms with Crippen molar-refractivity contribution < 1.29 is 13.2 Å². The highest BCUT2D eigenvalue weighted by Gasteiger charge is 2.30. The molecule has 164 valence electrons. The van der Waals surface area contributed by atoms with Gasteiger partial charge in [-0.15, -0.1) is 11.3 Å². The van der Waals surface area contributed by atoms with Gasteiger partial charge < -0.3 is 10.2 Å². The molecule has 0 spiro atoms. The summed E-state index contributed by atoms with van der Waals surface area (Å²) in [6.07, 6.45) is 0. The summed E-state index contributed by atoms with van der Waals surface area (Å²) < 4.78 is 27.0. The van der Waals surface area contributed by atoms with Crippen LogP contribution >= 0.6 is 34.5 Å². The van der Waals surface area contributed by atoms with Gasteiger partial charge in [-0.25, -0.2) is 18.2 Å². The normalized spacial score (nSPS) is 16.0. The van der Waals surface area contributed by atoms with Gasteiger partial charge in [0.1, 0.15) is 0 Å². The second-order valence-corrected chi connectivity index (χ2v) is 11.6. The lowest BCUT2D eigenvalue weighted by Gasteiger charge is -2.34. The molecule has 0 saturated carbocycles. The number of sulfonamides is 1. The number of urea groups is 1. The SMILES string of the molecule is CC(C)(C)c1nc(CNC(=O)N2CCN(S(=O)(=O)c3ccc(Cl)c(Cl)c3)CC2)cs1. The molecular weight excluding hydrogens is 467 g/mol. The minimum atomic E-state index is -3.69. The molecule has 11 heteroatoms. The number of thiazole rings is 1. The van der Waals surface area contributed by atoms with Crippen LogP contribution in [0.15, 0.2) is 28.5 Å². The zero-order chi connectivity index (χ0) is 22.1. The van der Waals surface area contributed by atoms with Crippen LogP contribution in [0, 0.1) is 0 Å². The summed E-state index contributed by atoms with van der Waals surface area (Å²) in [7, 11) is -3.69. The van der Waals surface area contributed by atoms with Gasteiger partial charge in [0.05, 0.1) is 32.2 Å². The van der Waals surface area contributed by atoms with E-state index in [-0.39, 0.29) is 34.5 Å². The van der Waals surface area contributed by atoms with E-state index in [1.165, 1.54) is 22.5 Å². The molecule has 0 bridgehead atoms. The van der Waals surface area contributed by atoms with E-state index in [9.17, 15) is 13.2 Å². The van der Waals surface area contributed by atoms with E-state index in [0.29, 0.717) is 24.7 Å². The summed E-state index contributed by atoms with van der Waals surface area (Å²) in [6.45, 7) is 7.65. The van der Waals surface area contributed by atoms with E-state index in [0.717, 1.165) is 10.7 Å². The highest BCUT2D eigenvalue weighted by Crippen LogP contribution is 2.27. The summed E-state index contributed by atoms with van der Waals surface area (Å²) in [5.74, 6) is 0. The third-order valence-electron chi connectivity index (χ3n) is 4.67. The highest BCUT2D eigenvalue weighted by atomic mass is 35.5. The monoisotopic (exact) mass is 490 g/mol. The van der Waals surface area contributed by atoms with E-state index in [1.807, 2.05) is 5.38 Å². The van der Waals surface area contributed by atoms with Crippen LogP contribution in [0.5, 0.6) is 0 Å². The summed E-state index contributed by atoms with van der Waals surface area (Å²) in [6, 6.07) is 4.01. The largest absolute Gasteiger partial charge is 0.332 e. The molecule has 1 aliphatic rings. The first-order chi connectivity index (χ1) is 14.0. The standard InChI is InChI=1S/C19H24Cl2N4O3S2/c1-19(2,3)17-23-13(12-29-17)11-22-18(26)24-6-8-25(9-7-24)30(27,28)14-4-5-15(20)16(21)10-14/h4-5,10,12H,6-9,11H2,1-3H3,(H,22,26). The highest BCUT2D eigenvalue weighted by molar-refractivity contribution is 7.89. The quantitative estimate of drug-likeness (QED) is 0.702. The van der Waals surface area contributed by atoms with Crippen molar-refractivity contribution in [3.63, 3.8) is 0 Å². The van der Waals surface area contributed by atoms with Crippen LogP contribution in [-0.4, -0.2) is 54.8 Å². The fourth-order valence-electron chi connectivity index (χ4n) is 2.93. The summed E-state index contributed by atoms with van der Waals surface area (Å²) in [5, 5.41) is 6.32. The van der Waals surface area contributed by atoms with Gasteiger partial charge in [-0.3, -0.25) is 0 Å². The first-order valence-corrected chi connectivity index (χ1v) is 12.5. The van der Waals surface area contributed by atoms with Crippen LogP contribution in [0.3, 0.4) is 0 Å². The number of piperazine rings is 1. The van der Waals surface area contributed by atoms with Gasteiger partial charge in [-0.2, -0.15) is 4.31 Å². The molecule has 7 nitrogen and oxygen atoms in total. The minimum absolute atomic E-state index is 0.0247. The average Bonchev–Trinajstić information content (AvgIpc) is 3.18. The van der Waals surface area contributed by atoms with E-state index in [2.05, 4.69) is 31.1 Å². The second-order valence-electron chi connectivity index (χ2n) is 8.02. The Morgan fingerprint density at radius 2 is 1.83 bits per heavy atom. The molecule has 3 rings (SSSR count). The number of carbonyl (C=O) groups excluding carboxylic acids is 1. The zero-order valence-electron chi connectivity index (χ0n) is 17.0. The van der Waals surface area contributed by atoms with Crippen molar-refractivity contribution in [3.8, 4) is 0 Å². The molecule has 0 aliphatic carbocycles. The Bertz CT molecular complexity index is 1030. The summed E-state index contributed by atoms with van der Waals surface area (Å²) in [5.41, 5.74) is 0.794. The van der Waals surface area contributed by atoms with Crippen molar-refractivity contribution in [1.82, 2.24) is 19.5 Å². The summed E-state index contributed by atoms with van der Waals surface area (Å²) in [4.78, 5) is 18.7. The van der Waals surface area contributed by atoms with Crippen molar-refractivity contribution in [2.75, 3.05) is 26.2 Å². The van der Waals surface area contributed by atoms with Crippen molar-refractivity contribution >= 4 is 50.6 Å². The van der Waals surface area contributed by atoms with Gasteiger partial charge in [0.15, 0.2) is 0 Å². The smallest absolute Gasteiger partial charge is 0.317 e. The molecule has 30 heavy (non-hydrogen) atoms. The fourth-order valence-corrected chi connectivity index (χ4v) is 5.65. The Balaban J connectivity index is 1.55. The van der Waals surface area contributed by atoms with Crippen molar-refractivity contribution in [2.45, 2.75) is 37.6 Å². The Labute approximate surface area is 191 Å². The zero-order valence-corrected chi connectivity index (χ0v) is 20.1. The van der Waals surface area contributed by atoms with E-state index in [4.69, 9.17) is 23.2 Å². The Hall–Kier alpha value is -1.39. The number of hydrogen-bond donors (Lipinski definition) is 1. The number of amides is 2. The van der Waals surface area contributed by atoms with Gasteiger partial charge in [-0.1, -0.05) is 44.0 Å². The predicted octanol–water partition coefficient (Wildman–Crippen LogP) is 3.96. The molecule has 1 aromatic heterocycles.